The quantitative estimate of drug-likeness (QED) is 0.529. The standard InChI is InChI=1S/C18H21N5S/c1-15(17-9-5-6-10-19-17)20-21-18(24)23-13-11-22(12-14-23)16-7-3-2-4-8-16/h2-10H,11-14H2,1H3,(H,21,24)/b20-15-. The molecule has 0 saturated carbocycles. The Balaban J connectivity index is 1.52. The van der Waals surface area contributed by atoms with Crippen molar-refractivity contribution in [3.63, 3.8) is 0 Å². The van der Waals surface area contributed by atoms with Crippen molar-refractivity contribution < 1.29 is 0 Å². The molecule has 5 nitrogen and oxygen atoms in total. The normalized spacial score (nSPS) is 15.3. The molecule has 0 radical (unpaired) electrons. The summed E-state index contributed by atoms with van der Waals surface area (Å²) in [5, 5.41) is 5.02. The summed E-state index contributed by atoms with van der Waals surface area (Å²) in [7, 11) is 0. The van der Waals surface area contributed by atoms with E-state index < -0.39 is 0 Å². The number of nitrogens with zero attached hydrogens (tertiary/aromatic N) is 4. The van der Waals surface area contributed by atoms with Gasteiger partial charge in [-0.3, -0.25) is 10.4 Å². The fourth-order valence-electron chi connectivity index (χ4n) is 2.64. The lowest BCUT2D eigenvalue weighted by Gasteiger charge is -2.37. The molecule has 0 spiro atoms. The van der Waals surface area contributed by atoms with Gasteiger partial charge in [0.25, 0.3) is 0 Å². The number of anilines is 1. The number of aromatic nitrogens is 1. The van der Waals surface area contributed by atoms with Crippen molar-refractivity contribution in [1.29, 1.82) is 0 Å². The Kier molecular flexibility index (Phi) is 5.38. The number of hydrogen-bond donors (Lipinski definition) is 1. The van der Waals surface area contributed by atoms with Crippen molar-refractivity contribution in [1.82, 2.24) is 15.3 Å². The van der Waals surface area contributed by atoms with Gasteiger partial charge in [0, 0.05) is 38.1 Å². The van der Waals surface area contributed by atoms with Crippen molar-refractivity contribution >= 4 is 28.7 Å². The number of para-hydroxylation sites is 1. The monoisotopic (exact) mass is 339 g/mol. The second-order valence-corrected chi connectivity index (χ2v) is 6.03. The first kappa shape index (κ1) is 16.4. The number of piperazine rings is 1. The Labute approximate surface area is 148 Å². The lowest BCUT2D eigenvalue weighted by atomic mass is 10.2. The van der Waals surface area contributed by atoms with Gasteiger partial charge in [0.15, 0.2) is 5.11 Å². The van der Waals surface area contributed by atoms with Crippen LogP contribution < -0.4 is 10.3 Å². The maximum absolute atomic E-state index is 5.47. The van der Waals surface area contributed by atoms with Crippen LogP contribution in [0.5, 0.6) is 0 Å². The highest BCUT2D eigenvalue weighted by Crippen LogP contribution is 2.15. The first-order chi connectivity index (χ1) is 11.7. The topological polar surface area (TPSA) is 43.8 Å². The number of rotatable bonds is 3. The second-order valence-electron chi connectivity index (χ2n) is 5.64. The third-order valence-corrected chi connectivity index (χ3v) is 4.39. The third-order valence-electron chi connectivity index (χ3n) is 4.04. The Bertz CT molecular complexity index is 694. The van der Waals surface area contributed by atoms with Crippen molar-refractivity contribution in [2.75, 3.05) is 31.1 Å². The number of thiocarbonyl (C=S) groups is 1. The highest BCUT2D eigenvalue weighted by Gasteiger charge is 2.18. The molecule has 1 aliphatic rings. The molecule has 1 fully saturated rings. The van der Waals surface area contributed by atoms with Crippen LogP contribution >= 0.6 is 12.2 Å². The van der Waals surface area contributed by atoms with Gasteiger partial charge in [-0.2, -0.15) is 5.10 Å². The van der Waals surface area contributed by atoms with E-state index in [-0.39, 0.29) is 0 Å². The Morgan fingerprint density at radius 1 is 1.04 bits per heavy atom. The SMILES string of the molecule is C/C(=N/NC(=S)N1CCN(c2ccccc2)CC1)c1ccccn1. The van der Waals surface area contributed by atoms with E-state index in [9.17, 15) is 0 Å². The van der Waals surface area contributed by atoms with Crippen molar-refractivity contribution in [3.05, 3.63) is 60.4 Å². The molecule has 3 rings (SSSR count). The number of nitrogens with one attached hydrogen (secondary N) is 1. The summed E-state index contributed by atoms with van der Waals surface area (Å²) in [5.41, 5.74) is 5.93. The molecule has 2 heterocycles. The Morgan fingerprint density at radius 3 is 2.42 bits per heavy atom. The minimum atomic E-state index is 0.665. The minimum Gasteiger partial charge on any atom is -0.368 e. The molecule has 124 valence electrons. The maximum atomic E-state index is 5.47. The summed E-state index contributed by atoms with van der Waals surface area (Å²) < 4.78 is 0. The highest BCUT2D eigenvalue weighted by molar-refractivity contribution is 7.80. The predicted octanol–water partition coefficient (Wildman–Crippen LogP) is 2.50. The molecule has 2 aromatic rings. The van der Waals surface area contributed by atoms with E-state index in [1.165, 1.54) is 5.69 Å². The molecule has 0 bridgehead atoms. The largest absolute Gasteiger partial charge is 0.368 e. The van der Waals surface area contributed by atoms with Crippen molar-refractivity contribution in [2.45, 2.75) is 6.92 Å². The first-order valence-electron chi connectivity index (χ1n) is 8.04. The van der Waals surface area contributed by atoms with Crippen LogP contribution in [0.25, 0.3) is 0 Å². The maximum Gasteiger partial charge on any atom is 0.189 e. The Morgan fingerprint density at radius 2 is 1.75 bits per heavy atom. The number of pyridine rings is 1. The molecule has 0 atom stereocenters. The molecule has 6 heteroatoms. The summed E-state index contributed by atoms with van der Waals surface area (Å²) >= 11 is 5.47. The van der Waals surface area contributed by atoms with Crippen LogP contribution in [0.15, 0.2) is 59.8 Å². The van der Waals surface area contributed by atoms with Gasteiger partial charge in [0.1, 0.15) is 0 Å². The molecule has 1 aromatic heterocycles. The van der Waals surface area contributed by atoms with E-state index in [1.807, 2.05) is 31.2 Å². The zero-order chi connectivity index (χ0) is 16.8. The minimum absolute atomic E-state index is 0.665. The number of hydrogen-bond acceptors (Lipinski definition) is 4. The fourth-order valence-corrected chi connectivity index (χ4v) is 2.87. The smallest absolute Gasteiger partial charge is 0.189 e. The van der Waals surface area contributed by atoms with Crippen molar-refractivity contribution in [2.24, 2.45) is 5.10 Å². The van der Waals surface area contributed by atoms with Gasteiger partial charge in [0.2, 0.25) is 0 Å². The van der Waals surface area contributed by atoms with Crippen LogP contribution in [0, 0.1) is 0 Å². The van der Waals surface area contributed by atoms with E-state index >= 15 is 0 Å². The highest BCUT2D eigenvalue weighted by atomic mass is 32.1. The molecule has 1 N–H and O–H groups in total. The van der Waals surface area contributed by atoms with Crippen LogP contribution in [-0.4, -0.2) is 46.9 Å². The van der Waals surface area contributed by atoms with Crippen LogP contribution in [0.3, 0.4) is 0 Å². The van der Waals surface area contributed by atoms with E-state index in [2.05, 4.69) is 49.6 Å². The number of benzene rings is 1. The molecular formula is C18H21N5S. The summed E-state index contributed by atoms with van der Waals surface area (Å²) in [6, 6.07) is 16.2. The average Bonchev–Trinajstić information content (AvgIpc) is 2.67. The number of hydrazone groups is 1. The van der Waals surface area contributed by atoms with E-state index in [4.69, 9.17) is 12.2 Å². The molecular weight excluding hydrogens is 318 g/mol. The third kappa shape index (κ3) is 4.08. The van der Waals surface area contributed by atoms with E-state index in [1.54, 1.807) is 6.20 Å². The summed E-state index contributed by atoms with van der Waals surface area (Å²) in [6.07, 6.45) is 1.76. The first-order valence-corrected chi connectivity index (χ1v) is 8.45. The molecule has 1 saturated heterocycles. The van der Waals surface area contributed by atoms with E-state index in [0.717, 1.165) is 37.6 Å². The average molecular weight is 339 g/mol. The fraction of sp³-hybridized carbons (Fsp3) is 0.278. The van der Waals surface area contributed by atoms with Crippen LogP contribution in [0.4, 0.5) is 5.69 Å². The van der Waals surface area contributed by atoms with Crippen LogP contribution in [-0.2, 0) is 0 Å². The summed E-state index contributed by atoms with van der Waals surface area (Å²) in [4.78, 5) is 8.81. The zero-order valence-corrected chi connectivity index (χ0v) is 14.5. The molecule has 1 aromatic carbocycles. The molecule has 1 aliphatic heterocycles. The predicted molar refractivity (Wildman–Crippen MR) is 102 cm³/mol. The van der Waals surface area contributed by atoms with Gasteiger partial charge in [-0.1, -0.05) is 24.3 Å². The van der Waals surface area contributed by atoms with Gasteiger partial charge in [-0.05, 0) is 43.4 Å². The Hall–Kier alpha value is -2.47. The van der Waals surface area contributed by atoms with Crippen molar-refractivity contribution in [3.8, 4) is 0 Å². The van der Waals surface area contributed by atoms with Gasteiger partial charge in [0.05, 0.1) is 11.4 Å². The molecule has 0 unspecified atom stereocenters. The van der Waals surface area contributed by atoms with Gasteiger partial charge >= 0.3 is 0 Å². The van der Waals surface area contributed by atoms with Crippen LogP contribution in [0.2, 0.25) is 0 Å². The molecule has 0 amide bonds. The zero-order valence-electron chi connectivity index (χ0n) is 13.7. The molecule has 0 aliphatic carbocycles. The lowest BCUT2D eigenvalue weighted by Crippen LogP contribution is -2.51. The molecule has 24 heavy (non-hydrogen) atoms. The summed E-state index contributed by atoms with van der Waals surface area (Å²) in [6.45, 7) is 5.60. The van der Waals surface area contributed by atoms with Crippen LogP contribution in [0.1, 0.15) is 12.6 Å². The lowest BCUT2D eigenvalue weighted by molar-refractivity contribution is 0.381. The van der Waals surface area contributed by atoms with Gasteiger partial charge in [-0.15, -0.1) is 0 Å². The van der Waals surface area contributed by atoms with Gasteiger partial charge in [-0.25, -0.2) is 0 Å². The van der Waals surface area contributed by atoms with Gasteiger partial charge < -0.3 is 9.80 Å². The van der Waals surface area contributed by atoms with E-state index in [0.29, 0.717) is 5.11 Å². The summed E-state index contributed by atoms with van der Waals surface area (Å²) in [5.74, 6) is 0. The second kappa shape index (κ2) is 7.88.